The largest absolute Gasteiger partial charge is 0.366 e. The highest BCUT2D eigenvalue weighted by Crippen LogP contribution is 2.32. The van der Waals surface area contributed by atoms with Crippen LogP contribution in [0.15, 0.2) is 36.5 Å². The van der Waals surface area contributed by atoms with Gasteiger partial charge in [-0.05, 0) is 51.0 Å². The first-order chi connectivity index (χ1) is 14.7. The average molecular weight is 446 g/mol. The molecule has 3 rings (SSSR count). The number of pyridine rings is 1. The second-order valence-corrected chi connectivity index (χ2v) is 8.14. The lowest BCUT2D eigenvalue weighted by molar-refractivity contribution is -0.384. The molecule has 1 aromatic carbocycles. The zero-order valence-electron chi connectivity index (χ0n) is 17.3. The normalized spacial score (nSPS) is 14.4. The van der Waals surface area contributed by atoms with E-state index in [1.807, 2.05) is 18.7 Å². The van der Waals surface area contributed by atoms with E-state index in [1.54, 1.807) is 24.3 Å². The maximum absolute atomic E-state index is 12.5. The van der Waals surface area contributed by atoms with E-state index in [-0.39, 0.29) is 35.0 Å². The molecule has 0 bridgehead atoms. The van der Waals surface area contributed by atoms with Gasteiger partial charge in [-0.25, -0.2) is 4.98 Å². The predicted octanol–water partition coefficient (Wildman–Crippen LogP) is 3.64. The third kappa shape index (κ3) is 5.69. The van der Waals surface area contributed by atoms with E-state index in [0.29, 0.717) is 42.5 Å². The number of nitro benzene ring substituents is 1. The molecule has 1 fully saturated rings. The van der Waals surface area contributed by atoms with Crippen molar-refractivity contribution < 1.29 is 14.5 Å². The number of aromatic nitrogens is 1. The van der Waals surface area contributed by atoms with Crippen LogP contribution in [-0.2, 0) is 4.79 Å². The van der Waals surface area contributed by atoms with E-state index in [4.69, 9.17) is 11.6 Å². The Labute approximate surface area is 184 Å². The quantitative estimate of drug-likeness (QED) is 0.517. The third-order valence-electron chi connectivity index (χ3n) is 5.04. The van der Waals surface area contributed by atoms with Gasteiger partial charge in [0.15, 0.2) is 0 Å². The van der Waals surface area contributed by atoms with Crippen LogP contribution in [0.1, 0.15) is 37.0 Å². The molecular formula is C21H24ClN5O4. The van der Waals surface area contributed by atoms with Crippen molar-refractivity contribution in [3.8, 4) is 0 Å². The Hall–Kier alpha value is -3.20. The minimum Gasteiger partial charge on any atom is -0.366 e. The Morgan fingerprint density at radius 2 is 1.94 bits per heavy atom. The Morgan fingerprint density at radius 1 is 1.23 bits per heavy atom. The number of carbonyl (C=O) groups excluding carboxylic acids is 2. The molecule has 0 radical (unpaired) electrons. The molecule has 0 aliphatic carbocycles. The second-order valence-electron chi connectivity index (χ2n) is 7.70. The molecule has 2 amide bonds. The first kappa shape index (κ1) is 22.5. The molecule has 0 unspecified atom stereocenters. The van der Waals surface area contributed by atoms with E-state index in [0.717, 1.165) is 0 Å². The van der Waals surface area contributed by atoms with Crippen LogP contribution in [0.5, 0.6) is 0 Å². The van der Waals surface area contributed by atoms with Crippen LogP contribution >= 0.6 is 11.6 Å². The first-order valence-corrected chi connectivity index (χ1v) is 10.4. The van der Waals surface area contributed by atoms with Gasteiger partial charge in [-0.1, -0.05) is 11.6 Å². The molecule has 1 aliphatic rings. The Balaban J connectivity index is 1.66. The summed E-state index contributed by atoms with van der Waals surface area (Å²) in [6.07, 6.45) is 2.56. The van der Waals surface area contributed by atoms with Gasteiger partial charge >= 0.3 is 0 Å². The molecule has 2 aromatic rings. The van der Waals surface area contributed by atoms with Crippen LogP contribution in [0.3, 0.4) is 0 Å². The number of nitro groups is 1. The zero-order valence-corrected chi connectivity index (χ0v) is 18.1. The van der Waals surface area contributed by atoms with E-state index in [9.17, 15) is 19.7 Å². The minimum atomic E-state index is -0.480. The summed E-state index contributed by atoms with van der Waals surface area (Å²) in [6.45, 7) is 4.63. The fourth-order valence-electron chi connectivity index (χ4n) is 3.48. The lowest BCUT2D eigenvalue weighted by Gasteiger charge is -2.32. The topological polar surface area (TPSA) is 117 Å². The highest BCUT2D eigenvalue weighted by Gasteiger charge is 2.29. The summed E-state index contributed by atoms with van der Waals surface area (Å²) in [4.78, 5) is 41.8. The van der Waals surface area contributed by atoms with Gasteiger partial charge in [0.1, 0.15) is 11.5 Å². The molecule has 0 spiro atoms. The van der Waals surface area contributed by atoms with Gasteiger partial charge in [-0.3, -0.25) is 19.7 Å². The van der Waals surface area contributed by atoms with E-state index < -0.39 is 4.92 Å². The van der Waals surface area contributed by atoms with Crippen LogP contribution in [0.25, 0.3) is 0 Å². The maximum Gasteiger partial charge on any atom is 0.293 e. The number of benzene rings is 1. The number of rotatable bonds is 6. The molecule has 31 heavy (non-hydrogen) atoms. The standard InChI is InChI=1S/C21H24ClN5O4/c1-13(2)24-21(29)15-3-5-17(18(11-15)27(30)31)26-9-7-14(8-10-26)20(28)25-19-6-4-16(22)12-23-19/h3-6,11-14H,7-10H2,1-2H3,(H,24,29)(H,23,25,28). The molecule has 10 heteroatoms. The zero-order chi connectivity index (χ0) is 22.5. The smallest absolute Gasteiger partial charge is 0.293 e. The number of hydrogen-bond acceptors (Lipinski definition) is 6. The van der Waals surface area contributed by atoms with Gasteiger partial charge < -0.3 is 15.5 Å². The molecular weight excluding hydrogens is 422 g/mol. The van der Waals surface area contributed by atoms with Crippen molar-refractivity contribution in [3.63, 3.8) is 0 Å². The third-order valence-corrected chi connectivity index (χ3v) is 5.26. The van der Waals surface area contributed by atoms with Crippen molar-refractivity contribution in [2.45, 2.75) is 32.7 Å². The Kier molecular flexibility index (Phi) is 7.06. The fraction of sp³-hybridized carbons (Fsp3) is 0.381. The summed E-state index contributed by atoms with van der Waals surface area (Å²) < 4.78 is 0. The molecule has 9 nitrogen and oxygen atoms in total. The molecule has 2 heterocycles. The van der Waals surface area contributed by atoms with Gasteiger partial charge in [0, 0.05) is 42.9 Å². The van der Waals surface area contributed by atoms with E-state index >= 15 is 0 Å². The number of nitrogens with zero attached hydrogens (tertiary/aromatic N) is 3. The summed E-state index contributed by atoms with van der Waals surface area (Å²) in [7, 11) is 0. The van der Waals surface area contributed by atoms with E-state index in [1.165, 1.54) is 12.3 Å². The molecule has 164 valence electrons. The highest BCUT2D eigenvalue weighted by molar-refractivity contribution is 6.30. The summed E-state index contributed by atoms with van der Waals surface area (Å²) >= 11 is 5.80. The maximum atomic E-state index is 12.5. The molecule has 0 atom stereocenters. The average Bonchev–Trinajstić information content (AvgIpc) is 2.74. The van der Waals surface area contributed by atoms with Crippen molar-refractivity contribution >= 4 is 40.6 Å². The highest BCUT2D eigenvalue weighted by atomic mass is 35.5. The Morgan fingerprint density at radius 3 is 2.52 bits per heavy atom. The number of piperidine rings is 1. The molecule has 2 N–H and O–H groups in total. The lowest BCUT2D eigenvalue weighted by Crippen LogP contribution is -2.38. The number of amides is 2. The number of halogens is 1. The van der Waals surface area contributed by atoms with Crippen molar-refractivity contribution in [1.82, 2.24) is 10.3 Å². The fourth-order valence-corrected chi connectivity index (χ4v) is 3.60. The number of nitrogens with one attached hydrogen (secondary N) is 2. The van der Waals surface area contributed by atoms with Crippen LogP contribution < -0.4 is 15.5 Å². The van der Waals surface area contributed by atoms with Gasteiger partial charge in [0.05, 0.1) is 9.95 Å². The first-order valence-electron chi connectivity index (χ1n) is 10.0. The van der Waals surface area contributed by atoms with Crippen molar-refractivity contribution in [3.05, 3.63) is 57.2 Å². The summed E-state index contributed by atoms with van der Waals surface area (Å²) in [5.74, 6) is -0.271. The number of hydrogen-bond donors (Lipinski definition) is 2. The number of carbonyl (C=O) groups is 2. The van der Waals surface area contributed by atoms with Crippen molar-refractivity contribution in [2.24, 2.45) is 5.92 Å². The molecule has 1 saturated heterocycles. The summed E-state index contributed by atoms with van der Waals surface area (Å²) in [5.41, 5.74) is 0.572. The minimum absolute atomic E-state index is 0.0699. The molecule has 0 saturated carbocycles. The van der Waals surface area contributed by atoms with Crippen LogP contribution in [-0.4, -0.2) is 40.9 Å². The predicted molar refractivity (Wildman–Crippen MR) is 119 cm³/mol. The van der Waals surface area contributed by atoms with E-state index in [2.05, 4.69) is 15.6 Å². The molecule has 1 aromatic heterocycles. The van der Waals surface area contributed by atoms with Crippen molar-refractivity contribution in [2.75, 3.05) is 23.3 Å². The summed E-state index contributed by atoms with van der Waals surface area (Å²) in [6, 6.07) is 7.71. The van der Waals surface area contributed by atoms with Crippen LogP contribution in [0.4, 0.5) is 17.2 Å². The molecule has 1 aliphatic heterocycles. The summed E-state index contributed by atoms with van der Waals surface area (Å²) in [5, 5.41) is 17.6. The van der Waals surface area contributed by atoms with Crippen molar-refractivity contribution in [1.29, 1.82) is 0 Å². The SMILES string of the molecule is CC(C)NC(=O)c1ccc(N2CCC(C(=O)Nc3ccc(Cl)cn3)CC2)c([N+](=O)[O-])c1. The van der Waals surface area contributed by atoms with Crippen LogP contribution in [0, 0.1) is 16.0 Å². The van der Waals surface area contributed by atoms with Gasteiger partial charge in [-0.2, -0.15) is 0 Å². The van der Waals surface area contributed by atoms with Gasteiger partial charge in [0.25, 0.3) is 11.6 Å². The van der Waals surface area contributed by atoms with Gasteiger partial charge in [0.2, 0.25) is 5.91 Å². The Bertz CT molecular complexity index is 972. The lowest BCUT2D eigenvalue weighted by atomic mass is 9.95. The monoisotopic (exact) mass is 445 g/mol. The van der Waals surface area contributed by atoms with Gasteiger partial charge in [-0.15, -0.1) is 0 Å². The number of anilines is 2. The second kappa shape index (κ2) is 9.74. The van der Waals surface area contributed by atoms with Crippen LogP contribution in [0.2, 0.25) is 5.02 Å².